The third-order valence-electron chi connectivity index (χ3n) is 5.51. The molecule has 0 amide bonds. The van der Waals surface area contributed by atoms with Crippen molar-refractivity contribution < 1.29 is 13.9 Å². The molecule has 156 valence electrons. The lowest BCUT2D eigenvalue weighted by atomic mass is 10.0. The molecule has 0 atom stereocenters. The molecule has 0 fully saturated rings. The number of fused-ring (bicyclic) bond motifs is 3. The van der Waals surface area contributed by atoms with E-state index in [0.29, 0.717) is 41.4 Å². The SMILES string of the molecule is COc1ccc(-c2coc3c4c(ccc3c2=O)OCN(Cc2ccc(Cl)cc2)C4)cc1. The second-order valence-corrected chi connectivity index (χ2v) is 7.95. The summed E-state index contributed by atoms with van der Waals surface area (Å²) in [5.41, 5.74) is 3.83. The van der Waals surface area contributed by atoms with Crippen molar-refractivity contribution in [3.05, 3.63) is 93.3 Å². The highest BCUT2D eigenvalue weighted by Gasteiger charge is 2.23. The Morgan fingerprint density at radius 3 is 2.55 bits per heavy atom. The third-order valence-corrected chi connectivity index (χ3v) is 5.76. The highest BCUT2D eigenvalue weighted by molar-refractivity contribution is 6.30. The summed E-state index contributed by atoms with van der Waals surface area (Å²) in [6.45, 7) is 1.80. The molecule has 3 aromatic carbocycles. The second kappa shape index (κ2) is 8.10. The lowest BCUT2D eigenvalue weighted by Gasteiger charge is -2.29. The summed E-state index contributed by atoms with van der Waals surface area (Å²) in [4.78, 5) is 15.4. The summed E-state index contributed by atoms with van der Waals surface area (Å²) in [5, 5.41) is 1.26. The summed E-state index contributed by atoms with van der Waals surface area (Å²) in [6, 6.07) is 18.8. The van der Waals surface area contributed by atoms with Gasteiger partial charge < -0.3 is 13.9 Å². The Balaban J connectivity index is 1.49. The normalized spacial score (nSPS) is 13.6. The van der Waals surface area contributed by atoms with Gasteiger partial charge in [0.05, 0.1) is 23.6 Å². The van der Waals surface area contributed by atoms with Gasteiger partial charge in [-0.15, -0.1) is 0 Å². The average molecular weight is 434 g/mol. The Hall–Kier alpha value is -3.28. The van der Waals surface area contributed by atoms with Crippen LogP contribution in [0.5, 0.6) is 11.5 Å². The molecule has 2 heterocycles. The number of rotatable bonds is 4. The molecule has 31 heavy (non-hydrogen) atoms. The van der Waals surface area contributed by atoms with Crippen LogP contribution in [0.15, 0.2) is 76.1 Å². The number of hydrogen-bond donors (Lipinski definition) is 0. The molecule has 5 rings (SSSR count). The van der Waals surface area contributed by atoms with Crippen molar-refractivity contribution in [3.63, 3.8) is 0 Å². The minimum atomic E-state index is -0.0657. The quantitative estimate of drug-likeness (QED) is 0.427. The first-order valence-corrected chi connectivity index (χ1v) is 10.3. The van der Waals surface area contributed by atoms with Crippen molar-refractivity contribution in [2.24, 2.45) is 0 Å². The molecule has 0 radical (unpaired) electrons. The van der Waals surface area contributed by atoms with E-state index in [-0.39, 0.29) is 5.43 Å². The van der Waals surface area contributed by atoms with Crippen molar-refractivity contribution in [1.82, 2.24) is 4.90 Å². The van der Waals surface area contributed by atoms with Crippen molar-refractivity contribution in [2.75, 3.05) is 13.8 Å². The molecule has 1 aromatic heterocycles. The predicted octanol–water partition coefficient (Wildman–Crippen LogP) is 5.47. The number of halogens is 1. The van der Waals surface area contributed by atoms with Crippen LogP contribution in [0.3, 0.4) is 0 Å². The van der Waals surface area contributed by atoms with E-state index in [1.54, 1.807) is 13.2 Å². The van der Waals surface area contributed by atoms with Crippen molar-refractivity contribution in [1.29, 1.82) is 0 Å². The van der Waals surface area contributed by atoms with Crippen LogP contribution in [0.4, 0.5) is 0 Å². The van der Waals surface area contributed by atoms with Gasteiger partial charge in [-0.05, 0) is 47.5 Å². The van der Waals surface area contributed by atoms with E-state index in [1.807, 2.05) is 54.6 Å². The molecule has 1 aliphatic rings. The number of nitrogens with zero attached hydrogens (tertiary/aromatic N) is 1. The molecular formula is C25H20ClNO4. The molecule has 6 heteroatoms. The molecule has 0 aliphatic carbocycles. The van der Waals surface area contributed by atoms with Crippen molar-refractivity contribution in [3.8, 4) is 22.6 Å². The predicted molar refractivity (Wildman–Crippen MR) is 121 cm³/mol. The fourth-order valence-electron chi connectivity index (χ4n) is 3.87. The van der Waals surface area contributed by atoms with Crippen LogP contribution in [0.1, 0.15) is 11.1 Å². The molecule has 0 N–H and O–H groups in total. The summed E-state index contributed by atoms with van der Waals surface area (Å²) in [7, 11) is 1.61. The van der Waals surface area contributed by atoms with E-state index in [2.05, 4.69) is 4.90 Å². The van der Waals surface area contributed by atoms with Crippen LogP contribution in [-0.2, 0) is 13.1 Å². The average Bonchev–Trinajstić information content (AvgIpc) is 2.81. The van der Waals surface area contributed by atoms with Crippen LogP contribution in [-0.4, -0.2) is 18.7 Å². The third kappa shape index (κ3) is 3.78. The van der Waals surface area contributed by atoms with Crippen LogP contribution in [0.2, 0.25) is 5.02 Å². The van der Waals surface area contributed by atoms with Gasteiger partial charge in [0.1, 0.15) is 30.1 Å². The molecule has 0 unspecified atom stereocenters. The Bertz CT molecular complexity index is 1300. The lowest BCUT2D eigenvalue weighted by Crippen LogP contribution is -2.31. The van der Waals surface area contributed by atoms with E-state index in [1.165, 1.54) is 6.26 Å². The Kier molecular flexibility index (Phi) is 5.14. The topological polar surface area (TPSA) is 51.9 Å². The second-order valence-electron chi connectivity index (χ2n) is 7.51. The van der Waals surface area contributed by atoms with Crippen LogP contribution < -0.4 is 14.9 Å². The standard InChI is InChI=1S/C25H20ClNO4/c1-29-19-8-4-17(5-9-19)22-14-30-25-20(24(22)28)10-11-23-21(25)13-27(15-31-23)12-16-2-6-18(26)7-3-16/h2-11,14H,12-13,15H2,1H3. The van der Waals surface area contributed by atoms with Crippen LogP contribution in [0, 0.1) is 0 Å². The smallest absolute Gasteiger partial charge is 0.200 e. The van der Waals surface area contributed by atoms with Crippen molar-refractivity contribution in [2.45, 2.75) is 13.1 Å². The van der Waals surface area contributed by atoms with Gasteiger partial charge in [-0.3, -0.25) is 9.69 Å². The summed E-state index contributed by atoms with van der Waals surface area (Å²) in [5.74, 6) is 1.49. The maximum absolute atomic E-state index is 13.2. The van der Waals surface area contributed by atoms with Gasteiger partial charge in [0.15, 0.2) is 0 Å². The largest absolute Gasteiger partial charge is 0.497 e. The zero-order chi connectivity index (χ0) is 21.4. The summed E-state index contributed by atoms with van der Waals surface area (Å²) in [6.07, 6.45) is 1.53. The summed E-state index contributed by atoms with van der Waals surface area (Å²) >= 11 is 5.99. The monoisotopic (exact) mass is 433 g/mol. The number of ether oxygens (including phenoxy) is 2. The fourth-order valence-corrected chi connectivity index (χ4v) is 4.00. The highest BCUT2D eigenvalue weighted by Crippen LogP contribution is 2.33. The molecule has 5 nitrogen and oxygen atoms in total. The van der Waals surface area contributed by atoms with E-state index in [4.69, 9.17) is 25.5 Å². The van der Waals surface area contributed by atoms with E-state index < -0.39 is 0 Å². The minimum absolute atomic E-state index is 0.0657. The molecule has 0 saturated heterocycles. The van der Waals surface area contributed by atoms with Crippen molar-refractivity contribution >= 4 is 22.6 Å². The van der Waals surface area contributed by atoms with E-state index in [9.17, 15) is 4.79 Å². The maximum Gasteiger partial charge on any atom is 0.200 e. The fraction of sp³-hybridized carbons (Fsp3) is 0.160. The maximum atomic E-state index is 13.2. The number of hydrogen-bond acceptors (Lipinski definition) is 5. The van der Waals surface area contributed by atoms with Gasteiger partial charge in [0, 0.05) is 18.1 Å². The zero-order valence-corrected chi connectivity index (χ0v) is 17.7. The first kappa shape index (κ1) is 19.7. The number of methoxy groups -OCH3 is 1. The molecule has 0 spiro atoms. The molecule has 4 aromatic rings. The van der Waals surface area contributed by atoms with E-state index >= 15 is 0 Å². The van der Waals surface area contributed by atoms with Gasteiger partial charge in [-0.1, -0.05) is 35.9 Å². The van der Waals surface area contributed by atoms with Gasteiger partial charge in [0.2, 0.25) is 5.43 Å². The Labute approximate surface area is 184 Å². The summed E-state index contributed by atoms with van der Waals surface area (Å²) < 4.78 is 17.1. The lowest BCUT2D eigenvalue weighted by molar-refractivity contribution is 0.0890. The Morgan fingerprint density at radius 2 is 1.81 bits per heavy atom. The molecule has 0 saturated carbocycles. The first-order valence-electron chi connectivity index (χ1n) is 9.94. The van der Waals surface area contributed by atoms with Gasteiger partial charge >= 0.3 is 0 Å². The molecule has 1 aliphatic heterocycles. The number of benzene rings is 3. The first-order chi connectivity index (χ1) is 15.1. The zero-order valence-electron chi connectivity index (χ0n) is 16.9. The van der Waals surface area contributed by atoms with Gasteiger partial charge in [-0.2, -0.15) is 0 Å². The molecular weight excluding hydrogens is 414 g/mol. The van der Waals surface area contributed by atoms with Gasteiger partial charge in [0.25, 0.3) is 0 Å². The van der Waals surface area contributed by atoms with Crippen LogP contribution >= 0.6 is 11.6 Å². The molecule has 0 bridgehead atoms. The Morgan fingerprint density at radius 1 is 1.03 bits per heavy atom. The van der Waals surface area contributed by atoms with Gasteiger partial charge in [-0.25, -0.2) is 0 Å². The minimum Gasteiger partial charge on any atom is -0.497 e. The van der Waals surface area contributed by atoms with E-state index in [0.717, 1.165) is 28.2 Å². The van der Waals surface area contributed by atoms with Crippen LogP contribution in [0.25, 0.3) is 22.1 Å². The highest BCUT2D eigenvalue weighted by atomic mass is 35.5.